The fourth-order valence-electron chi connectivity index (χ4n) is 5.22. The molecular weight excluding hydrogens is 506 g/mol. The molecule has 1 amide bonds. The number of ether oxygens (including phenoxy) is 1. The number of aromatic nitrogens is 2. The van der Waals surface area contributed by atoms with Gasteiger partial charge in [0.15, 0.2) is 12.4 Å². The van der Waals surface area contributed by atoms with Gasteiger partial charge in [0.2, 0.25) is 5.91 Å². The van der Waals surface area contributed by atoms with Crippen molar-refractivity contribution in [2.45, 2.75) is 39.0 Å². The van der Waals surface area contributed by atoms with Gasteiger partial charge in [-0.2, -0.15) is 4.73 Å². The number of piperidine rings is 1. The molecule has 6 nitrogen and oxygen atoms in total. The zero-order chi connectivity index (χ0) is 24.5. The number of carbonyl (C=O) groups excluding carboxylic acids is 1. The minimum absolute atomic E-state index is 0.0922. The number of aryl methyl sites for hydroxylation is 3. The molecule has 5 rings (SSSR count). The molecule has 1 saturated heterocycles. The number of likely N-dealkylation sites (tertiary alicyclic amines) is 1. The lowest BCUT2D eigenvalue weighted by atomic mass is 9.87. The smallest absolute Gasteiger partial charge is 0.227 e. The summed E-state index contributed by atoms with van der Waals surface area (Å²) in [6.45, 7) is 3.44. The van der Waals surface area contributed by atoms with E-state index in [2.05, 4.69) is 41.1 Å². The van der Waals surface area contributed by atoms with Gasteiger partial charge in [0, 0.05) is 47.0 Å². The number of fused-ring (bicyclic) bond motifs is 2. The van der Waals surface area contributed by atoms with Crippen LogP contribution in [0.4, 0.5) is 0 Å². The highest BCUT2D eigenvalue weighted by atomic mass is 79.9. The summed E-state index contributed by atoms with van der Waals surface area (Å²) in [6, 6.07) is 9.97. The third kappa shape index (κ3) is 4.82. The van der Waals surface area contributed by atoms with E-state index in [1.165, 1.54) is 40.2 Å². The van der Waals surface area contributed by atoms with Crippen molar-refractivity contribution in [3.05, 3.63) is 97.7 Å². The number of hydrogen-bond donors (Lipinski definition) is 0. The summed E-state index contributed by atoms with van der Waals surface area (Å²) in [5.74, 6) is 0.980. The van der Waals surface area contributed by atoms with Crippen LogP contribution in [-0.2, 0) is 24.1 Å². The third-order valence-electron chi connectivity index (χ3n) is 6.93. The Balaban J connectivity index is 1.49. The number of rotatable bonds is 3. The van der Waals surface area contributed by atoms with Gasteiger partial charge in [0.05, 0.1) is 19.2 Å². The summed E-state index contributed by atoms with van der Waals surface area (Å²) >= 11 is 3.60. The van der Waals surface area contributed by atoms with Crippen LogP contribution in [0.2, 0.25) is 0 Å². The van der Waals surface area contributed by atoms with Crippen LogP contribution in [0.25, 0.3) is 5.57 Å². The lowest BCUT2D eigenvalue weighted by molar-refractivity contribution is -0.605. The zero-order valence-corrected chi connectivity index (χ0v) is 21.6. The van der Waals surface area contributed by atoms with Crippen LogP contribution < -0.4 is 9.47 Å². The average Bonchev–Trinajstić information content (AvgIpc) is 3.01. The Bertz CT molecular complexity index is 1310. The van der Waals surface area contributed by atoms with E-state index in [1.54, 1.807) is 19.2 Å². The fourth-order valence-corrected chi connectivity index (χ4v) is 5.60. The van der Waals surface area contributed by atoms with Crippen molar-refractivity contribution < 1.29 is 14.3 Å². The highest BCUT2D eigenvalue weighted by Gasteiger charge is 2.29. The number of carbonyl (C=O) groups is 1. The quantitative estimate of drug-likeness (QED) is 0.365. The van der Waals surface area contributed by atoms with Gasteiger partial charge in [-0.3, -0.25) is 9.78 Å². The Hall–Kier alpha value is -3.19. The SMILES string of the molecule is COc1cc(C)cc2c1C(=C1CCN(C(=O)Cc3cc[n+]([O-])cc3)CC1)c1ncc(Br)cc1CC2. The normalized spacial score (nSPS) is 15.3. The van der Waals surface area contributed by atoms with Gasteiger partial charge in [-0.25, -0.2) is 0 Å². The summed E-state index contributed by atoms with van der Waals surface area (Å²) in [7, 11) is 1.73. The number of benzene rings is 1. The fraction of sp³-hybridized carbons (Fsp3) is 0.321. The molecule has 1 fully saturated rings. The van der Waals surface area contributed by atoms with E-state index < -0.39 is 0 Å². The summed E-state index contributed by atoms with van der Waals surface area (Å²) in [6.07, 6.45) is 8.49. The predicted molar refractivity (Wildman–Crippen MR) is 138 cm³/mol. The first kappa shape index (κ1) is 23.5. The summed E-state index contributed by atoms with van der Waals surface area (Å²) < 4.78 is 7.60. The van der Waals surface area contributed by atoms with Crippen LogP contribution in [0.3, 0.4) is 0 Å². The van der Waals surface area contributed by atoms with Gasteiger partial charge in [-0.15, -0.1) is 0 Å². The second-order valence-corrected chi connectivity index (χ2v) is 10.2. The van der Waals surface area contributed by atoms with Crippen LogP contribution in [0.15, 0.2) is 59.0 Å². The molecule has 0 radical (unpaired) electrons. The first-order chi connectivity index (χ1) is 16.9. The van der Waals surface area contributed by atoms with Crippen molar-refractivity contribution >= 4 is 27.4 Å². The number of methoxy groups -OCH3 is 1. The molecule has 1 aromatic carbocycles. The molecule has 2 aliphatic rings. The monoisotopic (exact) mass is 533 g/mol. The second-order valence-electron chi connectivity index (χ2n) is 9.26. The largest absolute Gasteiger partial charge is 0.619 e. The number of amides is 1. The molecule has 3 heterocycles. The minimum Gasteiger partial charge on any atom is -0.619 e. The van der Waals surface area contributed by atoms with Crippen molar-refractivity contribution in [3.8, 4) is 5.75 Å². The molecule has 1 aliphatic heterocycles. The zero-order valence-electron chi connectivity index (χ0n) is 20.0. The van der Waals surface area contributed by atoms with Crippen LogP contribution in [0.1, 0.15) is 46.4 Å². The van der Waals surface area contributed by atoms with Gasteiger partial charge in [0.1, 0.15) is 5.75 Å². The average molecular weight is 534 g/mol. The van der Waals surface area contributed by atoms with Crippen LogP contribution in [0.5, 0.6) is 5.75 Å². The molecule has 35 heavy (non-hydrogen) atoms. The van der Waals surface area contributed by atoms with Gasteiger partial charge in [0.25, 0.3) is 0 Å². The maximum atomic E-state index is 12.9. The third-order valence-corrected chi connectivity index (χ3v) is 7.37. The number of halogens is 1. The van der Waals surface area contributed by atoms with E-state index in [4.69, 9.17) is 9.72 Å². The molecule has 2 aromatic heterocycles. The maximum Gasteiger partial charge on any atom is 0.227 e. The molecule has 7 heteroatoms. The molecule has 0 atom stereocenters. The van der Waals surface area contributed by atoms with E-state index in [0.29, 0.717) is 19.5 Å². The minimum atomic E-state index is 0.0922. The predicted octanol–water partition coefficient (Wildman–Crippen LogP) is 4.56. The maximum absolute atomic E-state index is 12.9. The van der Waals surface area contributed by atoms with Gasteiger partial charge < -0.3 is 14.8 Å². The Labute approximate surface area is 214 Å². The van der Waals surface area contributed by atoms with Crippen molar-refractivity contribution in [2.75, 3.05) is 20.2 Å². The van der Waals surface area contributed by atoms with Crippen LogP contribution in [-0.4, -0.2) is 36.0 Å². The molecule has 1 aliphatic carbocycles. The number of nitrogens with zero attached hydrogens (tertiary/aromatic N) is 3. The lowest BCUT2D eigenvalue weighted by Gasteiger charge is -2.31. The van der Waals surface area contributed by atoms with Crippen LogP contribution >= 0.6 is 15.9 Å². The summed E-state index contributed by atoms with van der Waals surface area (Å²) in [4.78, 5) is 19.8. The van der Waals surface area contributed by atoms with Gasteiger partial charge in [-0.1, -0.05) is 11.6 Å². The molecular formula is C28H28BrN3O3. The van der Waals surface area contributed by atoms with Gasteiger partial charge >= 0.3 is 0 Å². The molecule has 0 saturated carbocycles. The molecule has 0 unspecified atom stereocenters. The van der Waals surface area contributed by atoms with E-state index in [-0.39, 0.29) is 5.91 Å². The Morgan fingerprint density at radius 2 is 1.83 bits per heavy atom. The van der Waals surface area contributed by atoms with E-state index >= 15 is 0 Å². The first-order valence-electron chi connectivity index (χ1n) is 11.9. The summed E-state index contributed by atoms with van der Waals surface area (Å²) in [5, 5.41) is 11.3. The summed E-state index contributed by atoms with van der Waals surface area (Å²) in [5.41, 5.74) is 9.24. The Morgan fingerprint density at radius 1 is 1.11 bits per heavy atom. The Morgan fingerprint density at radius 3 is 2.54 bits per heavy atom. The molecule has 0 spiro atoms. The van der Waals surface area contributed by atoms with E-state index in [1.807, 2.05) is 11.1 Å². The number of hydrogen-bond acceptors (Lipinski definition) is 4. The lowest BCUT2D eigenvalue weighted by Crippen LogP contribution is -2.37. The molecule has 0 bridgehead atoms. The Kier molecular flexibility index (Phi) is 6.60. The van der Waals surface area contributed by atoms with Crippen molar-refractivity contribution in [3.63, 3.8) is 0 Å². The topological polar surface area (TPSA) is 69.4 Å². The molecule has 180 valence electrons. The molecule has 0 N–H and O–H groups in total. The first-order valence-corrected chi connectivity index (χ1v) is 12.7. The highest BCUT2D eigenvalue weighted by Crippen LogP contribution is 2.43. The molecule has 3 aromatic rings. The standard InChI is InChI=1S/C28H28BrN3O3/c1-18-13-21-3-4-22-16-23(29)17-30-28(22)27(26(21)24(14-18)35-2)20-7-9-31(10-8-20)25(33)15-19-5-11-32(34)12-6-19/h5-6,11-14,16-17H,3-4,7-10,15H2,1-2H3. The van der Waals surface area contributed by atoms with Crippen LogP contribution in [0, 0.1) is 12.1 Å². The van der Waals surface area contributed by atoms with E-state index in [9.17, 15) is 10.0 Å². The van der Waals surface area contributed by atoms with Gasteiger partial charge in [-0.05, 0) is 82.9 Å². The van der Waals surface area contributed by atoms with Crippen molar-refractivity contribution in [2.24, 2.45) is 0 Å². The van der Waals surface area contributed by atoms with E-state index in [0.717, 1.165) is 57.5 Å². The van der Waals surface area contributed by atoms with Crippen molar-refractivity contribution in [1.29, 1.82) is 0 Å². The van der Waals surface area contributed by atoms with Crippen molar-refractivity contribution in [1.82, 2.24) is 9.88 Å². The number of pyridine rings is 2. The second kappa shape index (κ2) is 9.82. The highest BCUT2D eigenvalue weighted by molar-refractivity contribution is 9.10.